The van der Waals surface area contributed by atoms with Gasteiger partial charge in [-0.2, -0.15) is 0 Å². The lowest BCUT2D eigenvalue weighted by Crippen LogP contribution is -2.30. The maximum atomic E-state index is 12.2. The SMILES string of the molecule is CCN(c1ccc(NC(=O)CSc2nnc(-c3ccncc3)o2)cc1)C(C)C. The second-order valence-corrected chi connectivity index (χ2v) is 7.30. The summed E-state index contributed by atoms with van der Waals surface area (Å²) in [6.07, 6.45) is 3.32. The van der Waals surface area contributed by atoms with Crippen molar-refractivity contribution < 1.29 is 9.21 Å². The molecule has 0 radical (unpaired) electrons. The smallest absolute Gasteiger partial charge is 0.277 e. The molecule has 0 fully saturated rings. The molecule has 28 heavy (non-hydrogen) atoms. The van der Waals surface area contributed by atoms with Crippen molar-refractivity contribution in [3.05, 3.63) is 48.8 Å². The fourth-order valence-corrected chi connectivity index (χ4v) is 3.35. The zero-order chi connectivity index (χ0) is 19.9. The van der Waals surface area contributed by atoms with Gasteiger partial charge in [-0.15, -0.1) is 10.2 Å². The summed E-state index contributed by atoms with van der Waals surface area (Å²) < 4.78 is 5.57. The molecule has 0 atom stereocenters. The summed E-state index contributed by atoms with van der Waals surface area (Å²) in [7, 11) is 0. The van der Waals surface area contributed by atoms with Gasteiger partial charge in [-0.1, -0.05) is 11.8 Å². The number of rotatable bonds is 8. The number of thioether (sulfide) groups is 1. The van der Waals surface area contributed by atoms with E-state index in [4.69, 9.17) is 4.42 Å². The fraction of sp³-hybridized carbons (Fsp3) is 0.300. The van der Waals surface area contributed by atoms with Crippen molar-refractivity contribution in [1.82, 2.24) is 15.2 Å². The van der Waals surface area contributed by atoms with E-state index in [-0.39, 0.29) is 11.7 Å². The Bertz CT molecular complexity index is 896. The van der Waals surface area contributed by atoms with Gasteiger partial charge in [0.1, 0.15) is 0 Å². The Morgan fingerprint density at radius 2 is 1.86 bits per heavy atom. The van der Waals surface area contributed by atoms with Crippen LogP contribution in [0.4, 0.5) is 11.4 Å². The molecule has 0 spiro atoms. The molecule has 3 rings (SSSR count). The summed E-state index contributed by atoms with van der Waals surface area (Å²) in [6.45, 7) is 7.39. The Kier molecular flexibility index (Phi) is 6.65. The van der Waals surface area contributed by atoms with Crippen LogP contribution in [-0.2, 0) is 4.79 Å². The van der Waals surface area contributed by atoms with Crippen LogP contribution >= 0.6 is 11.8 Å². The van der Waals surface area contributed by atoms with E-state index >= 15 is 0 Å². The predicted molar refractivity (Wildman–Crippen MR) is 111 cm³/mol. The molecule has 146 valence electrons. The highest BCUT2D eigenvalue weighted by Gasteiger charge is 2.12. The number of amides is 1. The van der Waals surface area contributed by atoms with Crippen LogP contribution in [0.25, 0.3) is 11.5 Å². The van der Waals surface area contributed by atoms with E-state index in [1.165, 1.54) is 11.8 Å². The maximum Gasteiger partial charge on any atom is 0.277 e. The van der Waals surface area contributed by atoms with Crippen molar-refractivity contribution in [2.45, 2.75) is 32.0 Å². The first kappa shape index (κ1) is 19.9. The number of anilines is 2. The van der Waals surface area contributed by atoms with Crippen LogP contribution in [-0.4, -0.2) is 39.4 Å². The molecule has 0 bridgehead atoms. The first-order valence-electron chi connectivity index (χ1n) is 9.10. The summed E-state index contributed by atoms with van der Waals surface area (Å²) in [6, 6.07) is 11.9. The average molecular weight is 398 g/mol. The van der Waals surface area contributed by atoms with Gasteiger partial charge >= 0.3 is 0 Å². The summed E-state index contributed by atoms with van der Waals surface area (Å²) in [5, 5.41) is 11.2. The Balaban J connectivity index is 1.53. The Labute approximate surface area is 168 Å². The molecule has 7 nitrogen and oxygen atoms in total. The van der Waals surface area contributed by atoms with Crippen molar-refractivity contribution >= 4 is 29.0 Å². The van der Waals surface area contributed by atoms with E-state index in [1.54, 1.807) is 24.5 Å². The van der Waals surface area contributed by atoms with Gasteiger partial charge in [0, 0.05) is 41.9 Å². The second-order valence-electron chi connectivity index (χ2n) is 6.37. The second kappa shape index (κ2) is 9.36. The van der Waals surface area contributed by atoms with E-state index in [9.17, 15) is 4.79 Å². The largest absolute Gasteiger partial charge is 0.411 e. The van der Waals surface area contributed by atoms with Crippen molar-refractivity contribution in [3.63, 3.8) is 0 Å². The van der Waals surface area contributed by atoms with Crippen molar-refractivity contribution in [1.29, 1.82) is 0 Å². The third kappa shape index (κ3) is 5.10. The molecular weight excluding hydrogens is 374 g/mol. The topological polar surface area (TPSA) is 84.2 Å². The third-order valence-corrected chi connectivity index (χ3v) is 4.93. The fourth-order valence-electron chi connectivity index (χ4n) is 2.79. The molecule has 3 aromatic rings. The Morgan fingerprint density at radius 3 is 2.50 bits per heavy atom. The number of hydrogen-bond donors (Lipinski definition) is 1. The van der Waals surface area contributed by atoms with E-state index in [2.05, 4.69) is 46.2 Å². The maximum absolute atomic E-state index is 12.2. The lowest BCUT2D eigenvalue weighted by Gasteiger charge is -2.27. The predicted octanol–water partition coefficient (Wildman–Crippen LogP) is 4.10. The van der Waals surface area contributed by atoms with Crippen LogP contribution in [0, 0.1) is 0 Å². The molecule has 1 amide bonds. The molecule has 0 unspecified atom stereocenters. The first-order valence-corrected chi connectivity index (χ1v) is 10.1. The molecule has 2 heterocycles. The first-order chi connectivity index (χ1) is 13.6. The quantitative estimate of drug-likeness (QED) is 0.573. The van der Waals surface area contributed by atoms with Gasteiger partial charge in [-0.25, -0.2) is 0 Å². The molecule has 0 aliphatic rings. The number of carbonyl (C=O) groups is 1. The molecule has 1 aromatic carbocycles. The normalized spacial score (nSPS) is 10.9. The van der Waals surface area contributed by atoms with Crippen LogP contribution in [0.15, 0.2) is 58.4 Å². The zero-order valence-electron chi connectivity index (χ0n) is 16.1. The summed E-state index contributed by atoms with van der Waals surface area (Å²) in [5.74, 6) is 0.469. The number of pyridine rings is 1. The van der Waals surface area contributed by atoms with Crippen molar-refractivity contribution in [3.8, 4) is 11.5 Å². The number of nitrogens with one attached hydrogen (secondary N) is 1. The van der Waals surface area contributed by atoms with Gasteiger partial charge in [0.2, 0.25) is 11.8 Å². The number of hydrogen-bond acceptors (Lipinski definition) is 7. The lowest BCUT2D eigenvalue weighted by molar-refractivity contribution is -0.113. The minimum absolute atomic E-state index is 0.127. The minimum atomic E-state index is -0.127. The summed E-state index contributed by atoms with van der Waals surface area (Å²) in [4.78, 5) is 18.4. The van der Waals surface area contributed by atoms with Crippen LogP contribution < -0.4 is 10.2 Å². The molecule has 1 N–H and O–H groups in total. The number of nitrogens with zero attached hydrogens (tertiary/aromatic N) is 4. The van der Waals surface area contributed by atoms with Crippen molar-refractivity contribution in [2.75, 3.05) is 22.5 Å². The van der Waals surface area contributed by atoms with Crippen LogP contribution in [0.1, 0.15) is 20.8 Å². The molecule has 2 aromatic heterocycles. The molecule has 0 saturated heterocycles. The molecule has 8 heteroatoms. The van der Waals surface area contributed by atoms with Crippen LogP contribution in [0.2, 0.25) is 0 Å². The number of carbonyl (C=O) groups excluding carboxylic acids is 1. The highest BCUT2D eigenvalue weighted by Crippen LogP contribution is 2.23. The molecule has 0 saturated carbocycles. The average Bonchev–Trinajstić information content (AvgIpc) is 3.18. The number of aromatic nitrogens is 3. The van der Waals surface area contributed by atoms with Gasteiger partial charge in [0.05, 0.1) is 5.75 Å². The van der Waals surface area contributed by atoms with Crippen LogP contribution in [0.5, 0.6) is 0 Å². The van der Waals surface area contributed by atoms with Gasteiger partial charge in [0.15, 0.2) is 0 Å². The van der Waals surface area contributed by atoms with Gasteiger partial charge in [-0.3, -0.25) is 9.78 Å². The third-order valence-electron chi connectivity index (χ3n) is 4.11. The minimum Gasteiger partial charge on any atom is -0.411 e. The Hall–Kier alpha value is -2.87. The molecule has 0 aliphatic carbocycles. The van der Waals surface area contributed by atoms with Gasteiger partial charge < -0.3 is 14.6 Å². The van der Waals surface area contributed by atoms with E-state index in [0.29, 0.717) is 17.2 Å². The monoisotopic (exact) mass is 397 g/mol. The van der Waals surface area contributed by atoms with E-state index in [0.717, 1.165) is 23.5 Å². The summed E-state index contributed by atoms with van der Waals surface area (Å²) >= 11 is 1.20. The van der Waals surface area contributed by atoms with E-state index in [1.807, 2.05) is 24.3 Å². The zero-order valence-corrected chi connectivity index (χ0v) is 16.9. The summed E-state index contributed by atoms with van der Waals surface area (Å²) in [5.41, 5.74) is 2.69. The number of benzene rings is 1. The van der Waals surface area contributed by atoms with Gasteiger partial charge in [-0.05, 0) is 57.2 Å². The Morgan fingerprint density at radius 1 is 1.14 bits per heavy atom. The standard InChI is InChI=1S/C20H23N5O2S/c1-4-25(14(2)3)17-7-5-16(6-8-17)22-18(26)13-28-20-24-23-19(27-20)15-9-11-21-12-10-15/h5-12,14H,4,13H2,1-3H3,(H,22,26). The highest BCUT2D eigenvalue weighted by molar-refractivity contribution is 7.99. The molecule has 0 aliphatic heterocycles. The lowest BCUT2D eigenvalue weighted by atomic mass is 10.2. The van der Waals surface area contributed by atoms with Crippen molar-refractivity contribution in [2.24, 2.45) is 0 Å². The van der Waals surface area contributed by atoms with Crippen LogP contribution in [0.3, 0.4) is 0 Å². The van der Waals surface area contributed by atoms with Gasteiger partial charge in [0.25, 0.3) is 5.22 Å². The highest BCUT2D eigenvalue weighted by atomic mass is 32.2. The van der Waals surface area contributed by atoms with E-state index < -0.39 is 0 Å². The molecular formula is C20H23N5O2S.